The number of benzene rings is 1. The van der Waals surface area contributed by atoms with Crippen LogP contribution in [0.1, 0.15) is 48.8 Å². The fourth-order valence-corrected chi connectivity index (χ4v) is 3.49. The molecule has 3 amide bonds. The van der Waals surface area contributed by atoms with Crippen LogP contribution >= 0.6 is 24.4 Å². The van der Waals surface area contributed by atoms with E-state index in [9.17, 15) is 48.0 Å². The molecule has 188 valence electrons. The number of aliphatic hydroxyl groups is 4. The van der Waals surface area contributed by atoms with E-state index in [-0.39, 0.29) is 23.1 Å². The first kappa shape index (κ1) is 28.0. The van der Waals surface area contributed by atoms with E-state index >= 15 is 0 Å². The Morgan fingerprint density at radius 3 is 2.06 bits per heavy atom. The topological polar surface area (TPSA) is 150 Å². The minimum Gasteiger partial charge on any atom is -0.350 e. The summed E-state index contributed by atoms with van der Waals surface area (Å²) in [5.41, 5.74) is -3.77. The third kappa shape index (κ3) is 5.70. The van der Waals surface area contributed by atoms with Crippen molar-refractivity contribution in [2.24, 2.45) is 0 Å². The summed E-state index contributed by atoms with van der Waals surface area (Å²) in [4.78, 5) is 35.0. The van der Waals surface area contributed by atoms with E-state index in [1.165, 1.54) is 26.3 Å². The van der Waals surface area contributed by atoms with E-state index in [4.69, 9.17) is 11.6 Å². The minimum absolute atomic E-state index is 0.134. The highest BCUT2D eigenvalue weighted by Crippen LogP contribution is 2.48. The third-order valence-corrected chi connectivity index (χ3v) is 5.45. The van der Waals surface area contributed by atoms with E-state index < -0.39 is 64.4 Å². The van der Waals surface area contributed by atoms with Crippen molar-refractivity contribution >= 4 is 48.4 Å². The molecule has 1 aliphatic heterocycles. The van der Waals surface area contributed by atoms with Crippen LogP contribution in [0, 0.1) is 0 Å². The van der Waals surface area contributed by atoms with Crippen molar-refractivity contribution < 1.29 is 52.0 Å². The molecule has 0 atom stereocenters. The molecule has 0 saturated heterocycles. The molecule has 0 unspecified atom stereocenters. The Hall–Kier alpha value is -2.23. The maximum absolute atomic E-state index is 13.1. The molecule has 1 aromatic carbocycles. The number of nitrogens with one attached hydrogen (secondary N) is 1. The monoisotopic (exact) mass is 528 g/mol. The molecule has 5 N–H and O–H groups in total. The Morgan fingerprint density at radius 2 is 1.65 bits per heavy atom. The number of carbonyl (C=O) groups is 3. The molecule has 3 rings (SSSR count). The summed E-state index contributed by atoms with van der Waals surface area (Å²) in [5, 5.41) is 42.5. The highest BCUT2D eigenvalue weighted by atomic mass is 35.5. The zero-order chi connectivity index (χ0) is 26.1. The second kappa shape index (κ2) is 10.2. The predicted molar refractivity (Wildman–Crippen MR) is 113 cm³/mol. The van der Waals surface area contributed by atoms with Gasteiger partial charge in [-0.1, -0.05) is 34.8 Å². The van der Waals surface area contributed by atoms with Crippen molar-refractivity contribution in [2.45, 2.75) is 50.1 Å². The number of fused-ring (bicyclic) bond motifs is 1. The smallest absolute Gasteiger partial charge is 0.350 e. The van der Waals surface area contributed by atoms with Crippen molar-refractivity contribution in [3.05, 3.63) is 33.8 Å². The zero-order valence-corrected chi connectivity index (χ0v) is 19.3. The molecular formula is C19H22ClF3N3O7S+. The van der Waals surface area contributed by atoms with Gasteiger partial charge in [-0.15, -0.1) is 0 Å². The first-order chi connectivity index (χ1) is 15.6. The summed E-state index contributed by atoms with van der Waals surface area (Å²) in [6.07, 6.45) is -1.72. The fraction of sp³-hybridized carbons (Fsp3) is 0.474. The fourth-order valence-electron chi connectivity index (χ4n) is 3.03. The number of hydrogen-bond acceptors (Lipinski definition) is 8. The standard InChI is InChI=1S/C16H15ClF3N3O7S.C3H6/c1-21-13(26)11(22(31)6-24)2-3-12(25)23-15(27,28)7-4-9(14(18,19)20)10(17)5-8(7)16(23,29)30;1-2-3-1/h4-6,27-30H,2-3H2,1H3,(H-,21,26,31);1-3H2/p+1. The van der Waals surface area contributed by atoms with Gasteiger partial charge < -0.3 is 25.7 Å². The Kier molecular flexibility index (Phi) is 8.38. The number of amides is 3. The molecule has 0 aromatic heterocycles. The molecule has 34 heavy (non-hydrogen) atoms. The van der Waals surface area contributed by atoms with Crippen molar-refractivity contribution in [3.63, 3.8) is 0 Å². The zero-order valence-electron chi connectivity index (χ0n) is 17.6. The second-order valence-corrected chi connectivity index (χ2v) is 8.25. The van der Waals surface area contributed by atoms with Crippen LogP contribution in [-0.2, 0) is 32.4 Å². The highest BCUT2D eigenvalue weighted by Gasteiger charge is 2.60. The van der Waals surface area contributed by atoms with Crippen LogP contribution in [0.15, 0.2) is 12.1 Å². The number of nitrogens with zero attached hydrogens (tertiary/aromatic N) is 2. The van der Waals surface area contributed by atoms with E-state index in [0.717, 1.165) is 0 Å². The first-order valence-electron chi connectivity index (χ1n) is 9.76. The lowest BCUT2D eigenvalue weighted by Gasteiger charge is -2.34. The van der Waals surface area contributed by atoms with Crippen molar-refractivity contribution in [2.75, 3.05) is 7.05 Å². The Labute approximate surface area is 201 Å². The summed E-state index contributed by atoms with van der Waals surface area (Å²) in [5.74, 6) is -9.24. The highest BCUT2D eigenvalue weighted by molar-refractivity contribution is 7.74. The molecule has 1 aliphatic carbocycles. The lowest BCUT2D eigenvalue weighted by Crippen LogP contribution is -2.54. The summed E-state index contributed by atoms with van der Waals surface area (Å²) >= 11 is 9.25. The molecular weight excluding hydrogens is 507 g/mol. The predicted octanol–water partition coefficient (Wildman–Crippen LogP) is 0.542. The summed E-state index contributed by atoms with van der Waals surface area (Å²) < 4.78 is 39.9. The maximum Gasteiger partial charge on any atom is 0.417 e. The number of alkyl halides is 3. The van der Waals surface area contributed by atoms with Gasteiger partial charge in [0.05, 0.1) is 10.6 Å². The molecule has 10 nitrogen and oxygen atoms in total. The number of rotatable bonds is 5. The van der Waals surface area contributed by atoms with E-state index in [1.807, 2.05) is 0 Å². The Morgan fingerprint density at radius 1 is 1.15 bits per heavy atom. The van der Waals surface area contributed by atoms with Gasteiger partial charge in [-0.2, -0.15) is 13.2 Å². The summed E-state index contributed by atoms with van der Waals surface area (Å²) in [6, 6.07) is 0.619. The van der Waals surface area contributed by atoms with Crippen molar-refractivity contribution in [1.29, 1.82) is 0 Å². The SMILES string of the molecule is C1CC1.CNC(=O)/C(CCC(=O)N1C(O)(O)c2cc(Cl)c(C(F)(F)F)cc2C1(O)O)=[N+](/S)C=O. The average Bonchev–Trinajstić information content (AvgIpc) is 3.59. The minimum atomic E-state index is -5.02. The molecule has 15 heteroatoms. The Bertz CT molecular complexity index is 1030. The van der Waals surface area contributed by atoms with Crippen LogP contribution < -0.4 is 5.32 Å². The normalized spacial score (nSPS) is 18.2. The molecule has 0 spiro atoms. The number of hydrogen-bond donors (Lipinski definition) is 6. The maximum atomic E-state index is 13.1. The van der Waals surface area contributed by atoms with Gasteiger partial charge in [0.15, 0.2) is 12.8 Å². The van der Waals surface area contributed by atoms with Crippen molar-refractivity contribution in [3.8, 4) is 0 Å². The van der Waals surface area contributed by atoms with Crippen LogP contribution in [0.25, 0.3) is 0 Å². The van der Waals surface area contributed by atoms with Gasteiger partial charge in [-0.3, -0.25) is 9.59 Å². The number of carbonyl (C=O) groups excluding carboxylic acids is 3. The first-order valence-corrected chi connectivity index (χ1v) is 10.5. The molecule has 1 saturated carbocycles. The van der Waals surface area contributed by atoms with Crippen LogP contribution in [0.5, 0.6) is 0 Å². The van der Waals surface area contributed by atoms with E-state index in [1.54, 1.807) is 0 Å². The molecule has 1 fully saturated rings. The lowest BCUT2D eigenvalue weighted by molar-refractivity contribution is -0.363. The van der Waals surface area contributed by atoms with Gasteiger partial charge in [0.25, 0.3) is 17.5 Å². The second-order valence-electron chi connectivity index (χ2n) is 7.41. The molecule has 1 heterocycles. The lowest BCUT2D eigenvalue weighted by atomic mass is 10.0. The number of halogens is 4. The van der Waals surface area contributed by atoms with Gasteiger partial charge in [-0.25, -0.2) is 9.69 Å². The molecule has 0 bridgehead atoms. The largest absolute Gasteiger partial charge is 0.417 e. The molecule has 2 aliphatic rings. The van der Waals surface area contributed by atoms with Crippen molar-refractivity contribution in [1.82, 2.24) is 10.2 Å². The van der Waals surface area contributed by atoms with Crippen LogP contribution in [0.2, 0.25) is 5.02 Å². The number of thiol groups is 1. The quantitative estimate of drug-likeness (QED) is 0.107. The van der Waals surface area contributed by atoms with Crippen LogP contribution in [0.4, 0.5) is 13.2 Å². The average molecular weight is 529 g/mol. The van der Waals surface area contributed by atoms with E-state index in [2.05, 4.69) is 18.1 Å². The Balaban J connectivity index is 0.00000126. The summed E-state index contributed by atoms with van der Waals surface area (Å²) in [7, 11) is 1.22. The molecule has 1 aromatic rings. The van der Waals surface area contributed by atoms with Gasteiger partial charge in [-0.05, 0) is 12.1 Å². The van der Waals surface area contributed by atoms with Gasteiger partial charge >= 0.3 is 18.5 Å². The van der Waals surface area contributed by atoms with Gasteiger partial charge in [0.1, 0.15) is 0 Å². The summed E-state index contributed by atoms with van der Waals surface area (Å²) in [6.45, 7) is 0. The molecule has 0 radical (unpaired) electrons. The van der Waals surface area contributed by atoms with Gasteiger partial charge in [0.2, 0.25) is 5.91 Å². The van der Waals surface area contributed by atoms with E-state index in [0.29, 0.717) is 10.0 Å². The van der Waals surface area contributed by atoms with Gasteiger partial charge in [0, 0.05) is 31.0 Å². The third-order valence-electron chi connectivity index (χ3n) is 4.80. The van der Waals surface area contributed by atoms with Crippen LogP contribution in [-0.4, -0.2) is 60.3 Å². The van der Waals surface area contributed by atoms with Crippen LogP contribution in [0.3, 0.4) is 0 Å².